The van der Waals surface area contributed by atoms with E-state index in [1.807, 2.05) is 44.3 Å². The van der Waals surface area contributed by atoms with E-state index in [2.05, 4.69) is 24.4 Å². The van der Waals surface area contributed by atoms with Crippen molar-refractivity contribution < 1.29 is 4.39 Å². The summed E-state index contributed by atoms with van der Waals surface area (Å²) in [6, 6.07) is 15.6. The number of hydrogen-bond acceptors (Lipinski definition) is 1. The van der Waals surface area contributed by atoms with Crippen LogP contribution in [0, 0.1) is 12.7 Å². The monoisotopic (exact) mass is 271 g/mol. The first-order chi connectivity index (χ1) is 9.67. The van der Waals surface area contributed by atoms with Crippen LogP contribution < -0.4 is 5.32 Å². The van der Waals surface area contributed by atoms with Crippen molar-refractivity contribution in [1.29, 1.82) is 0 Å². The average Bonchev–Trinajstić information content (AvgIpc) is 2.48. The van der Waals surface area contributed by atoms with E-state index in [0.717, 1.165) is 17.5 Å². The largest absolute Gasteiger partial charge is 0.312 e. The molecule has 20 heavy (non-hydrogen) atoms. The Morgan fingerprint density at radius 2 is 1.80 bits per heavy atom. The first-order valence-electron chi connectivity index (χ1n) is 7.15. The quantitative estimate of drug-likeness (QED) is 0.838. The Balaban J connectivity index is 2.42. The average molecular weight is 271 g/mol. The van der Waals surface area contributed by atoms with Crippen molar-refractivity contribution in [3.8, 4) is 0 Å². The van der Waals surface area contributed by atoms with Crippen LogP contribution in [0.25, 0.3) is 0 Å². The molecule has 2 aromatic carbocycles. The number of hydrogen-bond donors (Lipinski definition) is 1. The molecule has 2 rings (SSSR count). The highest BCUT2D eigenvalue weighted by molar-refractivity contribution is 5.31. The maximum absolute atomic E-state index is 14.2. The highest BCUT2D eigenvalue weighted by Gasteiger charge is 2.24. The molecule has 0 bridgehead atoms. The third kappa shape index (κ3) is 3.07. The van der Waals surface area contributed by atoms with Gasteiger partial charge in [0.05, 0.1) is 0 Å². The van der Waals surface area contributed by atoms with Gasteiger partial charge in [0, 0.05) is 17.5 Å². The standard InChI is InChI=1S/C18H22FN/c1-4-15(14-8-6-5-7-9-14)18(20-3)16-12-13(2)10-11-17(16)19/h5-12,15,18,20H,4H2,1-3H3. The van der Waals surface area contributed by atoms with E-state index in [9.17, 15) is 4.39 Å². The Morgan fingerprint density at radius 3 is 2.40 bits per heavy atom. The van der Waals surface area contributed by atoms with Gasteiger partial charge in [-0.15, -0.1) is 0 Å². The van der Waals surface area contributed by atoms with Crippen molar-refractivity contribution in [2.45, 2.75) is 32.2 Å². The van der Waals surface area contributed by atoms with Gasteiger partial charge in [0.15, 0.2) is 0 Å². The Labute approximate surface area is 120 Å². The fourth-order valence-corrected chi connectivity index (χ4v) is 2.84. The SMILES string of the molecule is CCC(c1ccccc1)C(NC)c1cc(C)ccc1F. The number of halogens is 1. The fourth-order valence-electron chi connectivity index (χ4n) is 2.84. The summed E-state index contributed by atoms with van der Waals surface area (Å²) in [4.78, 5) is 0. The van der Waals surface area contributed by atoms with Crippen LogP contribution in [0.1, 0.15) is 42.0 Å². The van der Waals surface area contributed by atoms with Gasteiger partial charge in [-0.3, -0.25) is 0 Å². The highest BCUT2D eigenvalue weighted by Crippen LogP contribution is 2.34. The van der Waals surface area contributed by atoms with Gasteiger partial charge in [-0.1, -0.05) is 55.0 Å². The Morgan fingerprint density at radius 1 is 1.10 bits per heavy atom. The molecule has 0 saturated carbocycles. The van der Waals surface area contributed by atoms with Gasteiger partial charge in [-0.25, -0.2) is 4.39 Å². The molecule has 0 spiro atoms. The van der Waals surface area contributed by atoms with E-state index in [0.29, 0.717) is 0 Å². The molecule has 0 aromatic heterocycles. The summed E-state index contributed by atoms with van der Waals surface area (Å²) in [5.41, 5.74) is 3.09. The zero-order valence-corrected chi connectivity index (χ0v) is 12.4. The van der Waals surface area contributed by atoms with Crippen LogP contribution in [0.2, 0.25) is 0 Å². The van der Waals surface area contributed by atoms with Crippen LogP contribution in [0.5, 0.6) is 0 Å². The van der Waals surface area contributed by atoms with Crippen LogP contribution in [-0.4, -0.2) is 7.05 Å². The second-order valence-electron chi connectivity index (χ2n) is 5.22. The molecule has 0 aliphatic carbocycles. The number of benzene rings is 2. The molecule has 2 unspecified atom stereocenters. The lowest BCUT2D eigenvalue weighted by atomic mass is 9.84. The number of aryl methyl sites for hydroxylation is 1. The van der Waals surface area contributed by atoms with Gasteiger partial charge < -0.3 is 5.32 Å². The Hall–Kier alpha value is -1.67. The molecule has 0 aliphatic heterocycles. The molecule has 0 aliphatic rings. The minimum atomic E-state index is -0.135. The van der Waals surface area contributed by atoms with E-state index < -0.39 is 0 Å². The van der Waals surface area contributed by atoms with Crippen molar-refractivity contribution >= 4 is 0 Å². The van der Waals surface area contributed by atoms with Crippen LogP contribution in [0.15, 0.2) is 48.5 Å². The molecule has 0 fully saturated rings. The first-order valence-corrected chi connectivity index (χ1v) is 7.15. The molecular weight excluding hydrogens is 249 g/mol. The van der Waals surface area contributed by atoms with Gasteiger partial charge in [-0.2, -0.15) is 0 Å². The maximum atomic E-state index is 14.2. The van der Waals surface area contributed by atoms with Crippen molar-refractivity contribution in [3.63, 3.8) is 0 Å². The number of rotatable bonds is 5. The molecule has 2 atom stereocenters. The smallest absolute Gasteiger partial charge is 0.128 e. The lowest BCUT2D eigenvalue weighted by molar-refractivity contribution is 0.447. The third-order valence-corrected chi connectivity index (χ3v) is 3.87. The van der Waals surface area contributed by atoms with Crippen LogP contribution in [0.4, 0.5) is 4.39 Å². The zero-order valence-electron chi connectivity index (χ0n) is 12.4. The van der Waals surface area contributed by atoms with Gasteiger partial charge in [-0.05, 0) is 32.0 Å². The maximum Gasteiger partial charge on any atom is 0.128 e. The minimum Gasteiger partial charge on any atom is -0.312 e. The van der Waals surface area contributed by atoms with E-state index in [1.165, 1.54) is 5.56 Å². The van der Waals surface area contributed by atoms with Crippen LogP contribution in [0.3, 0.4) is 0 Å². The third-order valence-electron chi connectivity index (χ3n) is 3.87. The Bertz CT molecular complexity index is 551. The summed E-state index contributed by atoms with van der Waals surface area (Å²) >= 11 is 0. The van der Waals surface area contributed by atoms with Gasteiger partial charge in [0.2, 0.25) is 0 Å². The molecule has 0 amide bonds. The molecule has 1 nitrogen and oxygen atoms in total. The number of nitrogens with one attached hydrogen (secondary N) is 1. The molecular formula is C18H22FN. The van der Waals surface area contributed by atoms with E-state index in [1.54, 1.807) is 6.07 Å². The lowest BCUT2D eigenvalue weighted by Gasteiger charge is -2.27. The van der Waals surface area contributed by atoms with Crippen molar-refractivity contribution in [2.24, 2.45) is 0 Å². The molecule has 0 heterocycles. The first kappa shape index (κ1) is 14.7. The lowest BCUT2D eigenvalue weighted by Crippen LogP contribution is -2.24. The van der Waals surface area contributed by atoms with E-state index >= 15 is 0 Å². The fraction of sp³-hybridized carbons (Fsp3) is 0.333. The summed E-state index contributed by atoms with van der Waals surface area (Å²) in [5.74, 6) is 0.127. The molecule has 0 saturated heterocycles. The predicted molar refractivity (Wildman–Crippen MR) is 82.4 cm³/mol. The van der Waals surface area contributed by atoms with Gasteiger partial charge in [0.25, 0.3) is 0 Å². The van der Waals surface area contributed by atoms with Crippen molar-refractivity contribution in [2.75, 3.05) is 7.05 Å². The van der Waals surface area contributed by atoms with E-state index in [-0.39, 0.29) is 17.8 Å². The molecule has 2 heteroatoms. The number of likely N-dealkylation sites (N-methyl/N-ethyl adjacent to an activating group) is 1. The summed E-state index contributed by atoms with van der Waals surface area (Å²) in [5, 5.41) is 3.30. The van der Waals surface area contributed by atoms with Crippen molar-refractivity contribution in [3.05, 3.63) is 71.0 Å². The van der Waals surface area contributed by atoms with Gasteiger partial charge >= 0.3 is 0 Å². The van der Waals surface area contributed by atoms with Crippen LogP contribution >= 0.6 is 0 Å². The molecule has 1 N–H and O–H groups in total. The summed E-state index contributed by atoms with van der Waals surface area (Å²) in [6.07, 6.45) is 0.961. The second kappa shape index (κ2) is 6.67. The summed E-state index contributed by atoms with van der Waals surface area (Å²) < 4.78 is 14.2. The second-order valence-corrected chi connectivity index (χ2v) is 5.22. The molecule has 106 valence electrons. The van der Waals surface area contributed by atoms with Crippen LogP contribution in [-0.2, 0) is 0 Å². The predicted octanol–water partition coefficient (Wildman–Crippen LogP) is 4.59. The summed E-state index contributed by atoms with van der Waals surface area (Å²) in [7, 11) is 1.90. The molecule has 0 radical (unpaired) electrons. The van der Waals surface area contributed by atoms with Crippen molar-refractivity contribution in [1.82, 2.24) is 5.32 Å². The van der Waals surface area contributed by atoms with E-state index in [4.69, 9.17) is 0 Å². The Kier molecular flexibility index (Phi) is 4.91. The highest BCUT2D eigenvalue weighted by atomic mass is 19.1. The molecule has 2 aromatic rings. The zero-order chi connectivity index (χ0) is 14.5. The summed E-state index contributed by atoms with van der Waals surface area (Å²) in [6.45, 7) is 4.15. The van der Waals surface area contributed by atoms with Gasteiger partial charge in [0.1, 0.15) is 5.82 Å². The topological polar surface area (TPSA) is 12.0 Å². The minimum absolute atomic E-state index is 0.0118. The normalized spacial score (nSPS) is 14.0.